The number of benzene rings is 4. The second-order valence-electron chi connectivity index (χ2n) is 6.46. The van der Waals surface area contributed by atoms with Crippen molar-refractivity contribution in [2.45, 2.75) is 6.54 Å². The molecule has 1 nitrogen and oxygen atoms in total. The summed E-state index contributed by atoms with van der Waals surface area (Å²) < 4.78 is 0.659. The number of para-hydroxylation sites is 3. The van der Waals surface area contributed by atoms with Crippen LogP contribution in [0.1, 0.15) is 5.56 Å². The molecular formula is C25H22FN. The molecule has 134 valence electrons. The molecule has 2 heteroatoms. The van der Waals surface area contributed by atoms with Gasteiger partial charge in [-0.1, -0.05) is 84.9 Å². The van der Waals surface area contributed by atoms with Crippen LogP contribution in [0, 0.1) is 0 Å². The van der Waals surface area contributed by atoms with Gasteiger partial charge in [0.2, 0.25) is 0 Å². The molecule has 27 heavy (non-hydrogen) atoms. The summed E-state index contributed by atoms with van der Waals surface area (Å²) in [6.07, 6.45) is 0. The van der Waals surface area contributed by atoms with Gasteiger partial charge in [-0.05, 0) is 36.4 Å². The molecule has 0 spiro atoms. The van der Waals surface area contributed by atoms with Gasteiger partial charge in [0.25, 0.3) is 0 Å². The largest absolute Gasteiger partial charge is 1.00 e. The van der Waals surface area contributed by atoms with E-state index in [0.717, 1.165) is 6.54 Å². The lowest BCUT2D eigenvalue weighted by molar-refractivity contribution is -0.00000505. The molecule has 4 aromatic rings. The Bertz CT molecular complexity index is 842. The van der Waals surface area contributed by atoms with E-state index in [9.17, 15) is 0 Å². The maximum atomic E-state index is 2.23. The molecule has 0 bridgehead atoms. The lowest BCUT2D eigenvalue weighted by Crippen LogP contribution is -3.00. The molecule has 0 N–H and O–H groups in total. The van der Waals surface area contributed by atoms with Gasteiger partial charge < -0.3 is 4.70 Å². The van der Waals surface area contributed by atoms with Crippen LogP contribution in [0.2, 0.25) is 0 Å². The smallest absolute Gasteiger partial charge is 0.143 e. The first-order valence-electron chi connectivity index (χ1n) is 8.98. The zero-order valence-corrected chi connectivity index (χ0v) is 15.1. The molecule has 0 aliphatic carbocycles. The SMILES string of the molecule is [F-].c1ccc(C[N+](c2ccccc2)(c2ccccc2)c2ccccc2)cc1. The Morgan fingerprint density at radius 2 is 0.704 bits per heavy atom. The monoisotopic (exact) mass is 355 g/mol. The van der Waals surface area contributed by atoms with E-state index < -0.39 is 0 Å². The second kappa shape index (κ2) is 8.43. The molecule has 0 fully saturated rings. The summed E-state index contributed by atoms with van der Waals surface area (Å²) in [5, 5.41) is 0. The van der Waals surface area contributed by atoms with E-state index in [-0.39, 0.29) is 4.70 Å². The van der Waals surface area contributed by atoms with E-state index in [4.69, 9.17) is 0 Å². The molecule has 4 rings (SSSR count). The van der Waals surface area contributed by atoms with Crippen LogP contribution in [0.3, 0.4) is 0 Å². The molecule has 4 aromatic carbocycles. The van der Waals surface area contributed by atoms with E-state index in [0.29, 0.717) is 4.48 Å². The van der Waals surface area contributed by atoms with Crippen LogP contribution < -0.4 is 9.19 Å². The number of rotatable bonds is 5. The fraction of sp³-hybridized carbons (Fsp3) is 0.0400. The second-order valence-corrected chi connectivity index (χ2v) is 6.46. The van der Waals surface area contributed by atoms with Gasteiger partial charge in [0.05, 0.1) is 0 Å². The van der Waals surface area contributed by atoms with Crippen LogP contribution in [-0.4, -0.2) is 0 Å². The van der Waals surface area contributed by atoms with Gasteiger partial charge in [-0.3, -0.25) is 0 Å². The van der Waals surface area contributed by atoms with Crippen LogP contribution in [0.4, 0.5) is 17.1 Å². The fourth-order valence-corrected chi connectivity index (χ4v) is 3.63. The van der Waals surface area contributed by atoms with Crippen LogP contribution in [0.15, 0.2) is 121 Å². The average Bonchev–Trinajstić information content (AvgIpc) is 2.75. The molecular weight excluding hydrogens is 333 g/mol. The van der Waals surface area contributed by atoms with Crippen molar-refractivity contribution in [2.24, 2.45) is 0 Å². The van der Waals surface area contributed by atoms with Crippen molar-refractivity contribution in [1.29, 1.82) is 0 Å². The van der Waals surface area contributed by atoms with E-state index >= 15 is 0 Å². The molecule has 0 radical (unpaired) electrons. The summed E-state index contributed by atoms with van der Waals surface area (Å²) in [5.74, 6) is 0. The zero-order valence-electron chi connectivity index (χ0n) is 15.1. The molecule has 0 aliphatic heterocycles. The summed E-state index contributed by atoms with van der Waals surface area (Å²) in [6, 6.07) is 43.1. The molecule has 0 saturated heterocycles. The lowest BCUT2D eigenvalue weighted by Gasteiger charge is -2.37. The van der Waals surface area contributed by atoms with Gasteiger partial charge in [0.15, 0.2) is 0 Å². The van der Waals surface area contributed by atoms with Crippen molar-refractivity contribution in [3.8, 4) is 0 Å². The number of hydrogen-bond acceptors (Lipinski definition) is 0. The highest BCUT2D eigenvalue weighted by molar-refractivity contribution is 5.70. The average molecular weight is 355 g/mol. The van der Waals surface area contributed by atoms with Gasteiger partial charge in [-0.2, -0.15) is 0 Å². The molecule has 0 aliphatic rings. The van der Waals surface area contributed by atoms with Crippen LogP contribution in [0.25, 0.3) is 0 Å². The van der Waals surface area contributed by atoms with Crippen molar-refractivity contribution in [1.82, 2.24) is 4.48 Å². The van der Waals surface area contributed by atoms with E-state index in [2.05, 4.69) is 121 Å². The van der Waals surface area contributed by atoms with Crippen LogP contribution >= 0.6 is 0 Å². The summed E-state index contributed by atoms with van der Waals surface area (Å²) in [7, 11) is 0. The van der Waals surface area contributed by atoms with Crippen molar-refractivity contribution < 1.29 is 4.70 Å². The van der Waals surface area contributed by atoms with Crippen molar-refractivity contribution in [3.63, 3.8) is 0 Å². The molecule has 0 saturated carbocycles. The van der Waals surface area contributed by atoms with Crippen LogP contribution in [-0.2, 0) is 6.54 Å². The molecule has 0 heterocycles. The first-order valence-corrected chi connectivity index (χ1v) is 8.98. The van der Waals surface area contributed by atoms with Gasteiger partial charge in [0, 0.05) is 5.56 Å². The van der Waals surface area contributed by atoms with E-state index in [1.54, 1.807) is 0 Å². The minimum Gasteiger partial charge on any atom is -1.00 e. The Labute approximate surface area is 160 Å². The first kappa shape index (κ1) is 18.6. The van der Waals surface area contributed by atoms with E-state index in [1.165, 1.54) is 22.6 Å². The Morgan fingerprint density at radius 3 is 1.04 bits per heavy atom. The highest BCUT2D eigenvalue weighted by Gasteiger charge is 2.36. The van der Waals surface area contributed by atoms with Gasteiger partial charge in [-0.15, -0.1) is 0 Å². The lowest BCUT2D eigenvalue weighted by atomic mass is 10.1. The highest BCUT2D eigenvalue weighted by Crippen LogP contribution is 2.45. The minimum atomic E-state index is 0. The topological polar surface area (TPSA) is 0 Å². The third-order valence-electron chi connectivity index (χ3n) is 4.85. The maximum Gasteiger partial charge on any atom is 0.143 e. The van der Waals surface area contributed by atoms with Crippen molar-refractivity contribution >= 4 is 17.1 Å². The standard InChI is InChI=1S/C25H22N.FH/c1-5-13-22(14-6-1)21-26(23-15-7-2-8-16-23,24-17-9-3-10-18-24)25-19-11-4-12-20-25;/h1-20H,21H2;1H/q+1;/p-1. The Balaban J connectivity index is 0.00000210. The summed E-state index contributed by atoms with van der Waals surface area (Å²) >= 11 is 0. The molecule has 0 amide bonds. The quantitative estimate of drug-likeness (QED) is 0.477. The highest BCUT2D eigenvalue weighted by atomic mass is 19.0. The fourth-order valence-electron chi connectivity index (χ4n) is 3.63. The zero-order chi connectivity index (χ0) is 17.7. The van der Waals surface area contributed by atoms with E-state index in [1.807, 2.05) is 0 Å². The Morgan fingerprint density at radius 1 is 0.407 bits per heavy atom. The Kier molecular flexibility index (Phi) is 5.80. The summed E-state index contributed by atoms with van der Waals surface area (Å²) in [6.45, 7) is 0.860. The first-order chi connectivity index (χ1) is 12.9. The van der Waals surface area contributed by atoms with Crippen molar-refractivity contribution in [3.05, 3.63) is 127 Å². The van der Waals surface area contributed by atoms with Gasteiger partial charge >= 0.3 is 0 Å². The summed E-state index contributed by atoms with van der Waals surface area (Å²) in [5.41, 5.74) is 5.08. The van der Waals surface area contributed by atoms with Crippen molar-refractivity contribution in [2.75, 3.05) is 0 Å². The Hall–Kier alpha value is -3.23. The third-order valence-corrected chi connectivity index (χ3v) is 4.85. The number of halogens is 1. The minimum absolute atomic E-state index is 0. The molecule has 0 aromatic heterocycles. The number of hydrogen-bond donors (Lipinski definition) is 0. The van der Waals surface area contributed by atoms with Gasteiger partial charge in [-0.25, -0.2) is 4.48 Å². The maximum absolute atomic E-state index is 2.23. The number of nitrogens with zero attached hydrogens (tertiary/aromatic N) is 1. The number of quaternary nitrogens is 1. The molecule has 0 unspecified atom stereocenters. The summed E-state index contributed by atoms with van der Waals surface area (Å²) in [4.78, 5) is 0. The predicted octanol–water partition coefficient (Wildman–Crippen LogP) is 3.86. The normalized spacial score (nSPS) is 10.8. The van der Waals surface area contributed by atoms with Gasteiger partial charge in [0.1, 0.15) is 23.6 Å². The predicted molar refractivity (Wildman–Crippen MR) is 111 cm³/mol. The van der Waals surface area contributed by atoms with Crippen LogP contribution in [0.5, 0.6) is 0 Å². The third kappa shape index (κ3) is 3.67. The molecule has 0 atom stereocenters.